The fourth-order valence-electron chi connectivity index (χ4n) is 2.05. The topological polar surface area (TPSA) is 65.6 Å². The second-order valence-corrected chi connectivity index (χ2v) is 5.31. The molecule has 0 atom stereocenters. The summed E-state index contributed by atoms with van der Waals surface area (Å²) in [5.41, 5.74) is 2.46. The third-order valence-corrected chi connectivity index (χ3v) is 3.62. The van der Waals surface area contributed by atoms with E-state index in [1.54, 1.807) is 6.92 Å². The van der Waals surface area contributed by atoms with Crippen LogP contribution in [0.3, 0.4) is 0 Å². The Morgan fingerprint density at radius 3 is 2.84 bits per heavy atom. The van der Waals surface area contributed by atoms with Gasteiger partial charge in [-0.15, -0.1) is 0 Å². The Balaban J connectivity index is 2.14. The van der Waals surface area contributed by atoms with E-state index in [1.807, 2.05) is 25.1 Å². The Hall–Kier alpha value is -2.02. The Morgan fingerprint density at radius 2 is 2.26 bits per heavy atom. The van der Waals surface area contributed by atoms with Gasteiger partial charge in [-0.3, -0.25) is 0 Å². The molecule has 1 aromatic carbocycles. The zero-order chi connectivity index (χ0) is 13.9. The van der Waals surface area contributed by atoms with Gasteiger partial charge < -0.3 is 9.94 Å². The van der Waals surface area contributed by atoms with Gasteiger partial charge in [-0.2, -0.15) is 5.26 Å². The van der Waals surface area contributed by atoms with E-state index in [1.165, 1.54) is 0 Å². The molecule has 1 aliphatic carbocycles. The first-order chi connectivity index (χ1) is 9.10. The van der Waals surface area contributed by atoms with Crippen LogP contribution in [0.5, 0.6) is 5.75 Å². The lowest BCUT2D eigenvalue weighted by molar-refractivity contribution is 0.236. The van der Waals surface area contributed by atoms with Gasteiger partial charge in [-0.25, -0.2) is 0 Å². The lowest BCUT2D eigenvalue weighted by Crippen LogP contribution is -2.14. The Kier molecular flexibility index (Phi) is 3.75. The highest BCUT2D eigenvalue weighted by molar-refractivity contribution is 6.00. The molecule has 19 heavy (non-hydrogen) atoms. The normalized spacial score (nSPS) is 16.8. The summed E-state index contributed by atoms with van der Waals surface area (Å²) in [7, 11) is 0. The number of hydrogen-bond acceptors (Lipinski definition) is 4. The molecule has 4 nitrogen and oxygen atoms in total. The molecule has 0 radical (unpaired) electrons. The maximum atomic E-state index is 8.92. The lowest BCUT2D eigenvalue weighted by Gasteiger charge is -2.16. The number of aryl methyl sites for hydroxylation is 1. The molecule has 0 aliphatic heterocycles. The molecule has 0 aromatic heterocycles. The van der Waals surface area contributed by atoms with Crippen LogP contribution in [0.1, 0.15) is 37.3 Å². The molecule has 0 heterocycles. The number of ether oxygens (including phenoxy) is 1. The maximum Gasteiger partial charge on any atom is 0.128 e. The number of hydrogen-bond donors (Lipinski definition) is 1. The van der Waals surface area contributed by atoms with Crippen molar-refractivity contribution in [2.75, 3.05) is 6.61 Å². The van der Waals surface area contributed by atoms with Crippen LogP contribution in [0.15, 0.2) is 23.4 Å². The van der Waals surface area contributed by atoms with Crippen molar-refractivity contribution in [3.05, 3.63) is 29.3 Å². The summed E-state index contributed by atoms with van der Waals surface area (Å²) in [6.07, 6.45) is 2.64. The van der Waals surface area contributed by atoms with E-state index in [0.717, 1.165) is 24.0 Å². The van der Waals surface area contributed by atoms with Crippen LogP contribution in [-0.2, 0) is 0 Å². The summed E-state index contributed by atoms with van der Waals surface area (Å²) < 4.78 is 5.85. The van der Waals surface area contributed by atoms with E-state index in [0.29, 0.717) is 24.5 Å². The molecule has 2 rings (SSSR count). The summed E-state index contributed by atoms with van der Waals surface area (Å²) in [5, 5.41) is 21.0. The quantitative estimate of drug-likeness (QED) is 0.501. The van der Waals surface area contributed by atoms with Gasteiger partial charge in [0.2, 0.25) is 0 Å². The van der Waals surface area contributed by atoms with Gasteiger partial charge in [0, 0.05) is 17.4 Å². The highest BCUT2D eigenvalue weighted by Crippen LogP contribution is 2.48. The zero-order valence-corrected chi connectivity index (χ0v) is 11.3. The van der Waals surface area contributed by atoms with E-state index in [4.69, 9.17) is 15.2 Å². The smallest absolute Gasteiger partial charge is 0.128 e. The van der Waals surface area contributed by atoms with Crippen molar-refractivity contribution >= 4 is 5.71 Å². The molecule has 100 valence electrons. The molecule has 0 amide bonds. The van der Waals surface area contributed by atoms with Crippen LogP contribution in [-0.4, -0.2) is 17.5 Å². The van der Waals surface area contributed by atoms with Crippen LogP contribution in [0.2, 0.25) is 0 Å². The van der Waals surface area contributed by atoms with E-state index < -0.39 is 0 Å². The van der Waals surface area contributed by atoms with Gasteiger partial charge in [0.1, 0.15) is 5.75 Å². The van der Waals surface area contributed by atoms with E-state index >= 15 is 0 Å². The van der Waals surface area contributed by atoms with Crippen molar-refractivity contribution in [1.29, 1.82) is 5.26 Å². The largest absolute Gasteiger partial charge is 0.492 e. The molecule has 1 saturated carbocycles. The van der Waals surface area contributed by atoms with E-state index in [9.17, 15) is 0 Å². The first-order valence-corrected chi connectivity index (χ1v) is 6.40. The van der Waals surface area contributed by atoms with E-state index in [2.05, 4.69) is 11.2 Å². The fraction of sp³-hybridized carbons (Fsp3) is 0.467. The predicted molar refractivity (Wildman–Crippen MR) is 72.6 cm³/mol. The second kappa shape index (κ2) is 5.31. The van der Waals surface area contributed by atoms with Gasteiger partial charge >= 0.3 is 0 Å². The molecule has 1 aromatic rings. The second-order valence-electron chi connectivity index (χ2n) is 5.31. The minimum absolute atomic E-state index is 0.0428. The zero-order valence-electron chi connectivity index (χ0n) is 11.3. The molecule has 0 unspecified atom stereocenters. The highest BCUT2D eigenvalue weighted by Gasteiger charge is 2.43. The average molecular weight is 258 g/mol. The highest BCUT2D eigenvalue weighted by atomic mass is 16.5. The van der Waals surface area contributed by atoms with Crippen molar-refractivity contribution < 1.29 is 9.94 Å². The van der Waals surface area contributed by atoms with Crippen molar-refractivity contribution in [3.63, 3.8) is 0 Å². The molecule has 0 spiro atoms. The summed E-state index contributed by atoms with van der Waals surface area (Å²) in [6.45, 7) is 4.27. The molecule has 0 saturated heterocycles. The Morgan fingerprint density at radius 1 is 1.53 bits per heavy atom. The van der Waals surface area contributed by atoms with Gasteiger partial charge in [0.15, 0.2) is 0 Å². The van der Waals surface area contributed by atoms with Crippen LogP contribution >= 0.6 is 0 Å². The predicted octanol–water partition coefficient (Wildman–Crippen LogP) is 3.27. The molecule has 1 aliphatic rings. The lowest BCUT2D eigenvalue weighted by atomic mass is 10.0. The standard InChI is InChI=1S/C15H18N2O2/c1-11-3-4-14(13(9-11)12(2)17-18)19-10-15(5-6-15)7-8-16/h3-4,9,18H,5-7,10H2,1-2H3. The maximum absolute atomic E-state index is 8.92. The van der Waals surface area contributed by atoms with E-state index in [-0.39, 0.29) is 5.41 Å². The Labute approximate surface area is 113 Å². The molecule has 1 fully saturated rings. The van der Waals surface area contributed by atoms with Crippen LogP contribution in [0.25, 0.3) is 0 Å². The number of nitriles is 1. The first kappa shape index (κ1) is 13.4. The minimum Gasteiger partial charge on any atom is -0.492 e. The molecule has 0 bridgehead atoms. The number of rotatable bonds is 5. The van der Waals surface area contributed by atoms with Crippen molar-refractivity contribution in [3.8, 4) is 11.8 Å². The third kappa shape index (κ3) is 3.05. The molecular formula is C15H18N2O2. The average Bonchev–Trinajstić information content (AvgIpc) is 3.17. The minimum atomic E-state index is 0.0428. The van der Waals surface area contributed by atoms with Gasteiger partial charge in [-0.05, 0) is 38.8 Å². The van der Waals surface area contributed by atoms with Gasteiger partial charge in [0.05, 0.1) is 18.4 Å². The molecule has 4 heteroatoms. The Bertz CT molecular complexity index is 540. The SMILES string of the molecule is CC(=NO)c1cc(C)ccc1OCC1(CC#N)CC1. The van der Waals surface area contributed by atoms with Crippen LogP contribution in [0.4, 0.5) is 0 Å². The molecule has 1 N–H and O–H groups in total. The number of oxime groups is 1. The van der Waals surface area contributed by atoms with Crippen molar-refractivity contribution in [2.24, 2.45) is 10.6 Å². The third-order valence-electron chi connectivity index (χ3n) is 3.62. The monoisotopic (exact) mass is 258 g/mol. The summed E-state index contributed by atoms with van der Waals surface area (Å²) >= 11 is 0. The summed E-state index contributed by atoms with van der Waals surface area (Å²) in [4.78, 5) is 0. The number of benzene rings is 1. The summed E-state index contributed by atoms with van der Waals surface area (Å²) in [6, 6.07) is 8.02. The fourth-order valence-corrected chi connectivity index (χ4v) is 2.05. The summed E-state index contributed by atoms with van der Waals surface area (Å²) in [5.74, 6) is 0.713. The number of nitrogens with zero attached hydrogens (tertiary/aromatic N) is 2. The van der Waals surface area contributed by atoms with Gasteiger partial charge in [0.25, 0.3) is 0 Å². The first-order valence-electron chi connectivity index (χ1n) is 6.40. The van der Waals surface area contributed by atoms with Crippen molar-refractivity contribution in [2.45, 2.75) is 33.1 Å². The van der Waals surface area contributed by atoms with Gasteiger partial charge in [-0.1, -0.05) is 16.8 Å². The van der Waals surface area contributed by atoms with Crippen LogP contribution in [0, 0.1) is 23.7 Å². The van der Waals surface area contributed by atoms with Crippen molar-refractivity contribution in [1.82, 2.24) is 0 Å². The molecular weight excluding hydrogens is 240 g/mol. The van der Waals surface area contributed by atoms with Crippen LogP contribution < -0.4 is 4.74 Å².